The Morgan fingerprint density at radius 3 is 2.48 bits per heavy atom. The molecular formula is C16H10F3NO. The predicted octanol–water partition coefficient (Wildman–Crippen LogP) is 3.73. The smallest absolute Gasteiger partial charge is 0.194 e. The molecule has 3 aromatic rings. The van der Waals surface area contributed by atoms with E-state index in [0.717, 1.165) is 17.5 Å². The Labute approximate surface area is 118 Å². The molecule has 0 aliphatic rings. The van der Waals surface area contributed by atoms with Crippen LogP contribution < -0.4 is 0 Å². The van der Waals surface area contributed by atoms with Crippen LogP contribution in [0.25, 0.3) is 10.8 Å². The van der Waals surface area contributed by atoms with Crippen LogP contribution in [0.3, 0.4) is 0 Å². The number of aromatic nitrogens is 1. The molecule has 1 unspecified atom stereocenters. The summed E-state index contributed by atoms with van der Waals surface area (Å²) in [6, 6.07) is 10.6. The first kappa shape index (κ1) is 13.6. The fraction of sp³-hybridized carbons (Fsp3) is 0.0625. The third-order valence-electron chi connectivity index (χ3n) is 3.32. The minimum atomic E-state index is -1.60. The van der Waals surface area contributed by atoms with E-state index in [2.05, 4.69) is 4.98 Å². The third kappa shape index (κ3) is 2.25. The van der Waals surface area contributed by atoms with Gasteiger partial charge < -0.3 is 5.11 Å². The van der Waals surface area contributed by atoms with Crippen molar-refractivity contribution in [1.82, 2.24) is 4.98 Å². The van der Waals surface area contributed by atoms with Gasteiger partial charge in [-0.05, 0) is 23.6 Å². The predicted molar refractivity (Wildman–Crippen MR) is 72.1 cm³/mol. The van der Waals surface area contributed by atoms with E-state index in [1.165, 1.54) is 6.20 Å². The summed E-state index contributed by atoms with van der Waals surface area (Å²) in [6.07, 6.45) is -0.00947. The average molecular weight is 289 g/mol. The molecule has 1 heterocycles. The molecule has 0 aliphatic heterocycles. The lowest BCUT2D eigenvalue weighted by Crippen LogP contribution is -2.08. The summed E-state index contributed by atoms with van der Waals surface area (Å²) in [5.74, 6) is -4.31. The van der Waals surface area contributed by atoms with Gasteiger partial charge >= 0.3 is 0 Å². The molecule has 21 heavy (non-hydrogen) atoms. The molecule has 0 bridgehead atoms. The lowest BCUT2D eigenvalue weighted by atomic mass is 10.0. The number of aliphatic hydroxyl groups is 1. The zero-order valence-electron chi connectivity index (χ0n) is 10.7. The zero-order valence-corrected chi connectivity index (χ0v) is 10.7. The van der Waals surface area contributed by atoms with Crippen molar-refractivity contribution in [2.45, 2.75) is 6.10 Å². The second kappa shape index (κ2) is 5.18. The van der Waals surface area contributed by atoms with E-state index in [1.807, 2.05) is 12.1 Å². The highest BCUT2D eigenvalue weighted by molar-refractivity contribution is 5.84. The topological polar surface area (TPSA) is 33.1 Å². The fourth-order valence-electron chi connectivity index (χ4n) is 2.26. The molecule has 1 aromatic heterocycles. The Bertz CT molecular complexity index is 814. The standard InChI is InChI=1S/C16H10F3NO/c17-12-6-5-11(13(18)14(12)19)16(21)15-10-4-2-1-3-9(10)7-8-20-15/h1-8,16,21H. The molecule has 3 rings (SSSR count). The first-order chi connectivity index (χ1) is 10.1. The van der Waals surface area contributed by atoms with E-state index in [1.54, 1.807) is 18.2 Å². The van der Waals surface area contributed by atoms with Crippen LogP contribution in [0.5, 0.6) is 0 Å². The highest BCUT2D eigenvalue weighted by atomic mass is 19.2. The summed E-state index contributed by atoms with van der Waals surface area (Å²) in [7, 11) is 0. The summed E-state index contributed by atoms with van der Waals surface area (Å²) in [4.78, 5) is 4.04. The van der Waals surface area contributed by atoms with Crippen molar-refractivity contribution in [3.63, 3.8) is 0 Å². The zero-order chi connectivity index (χ0) is 15.0. The van der Waals surface area contributed by atoms with Gasteiger partial charge in [-0.15, -0.1) is 0 Å². The third-order valence-corrected chi connectivity index (χ3v) is 3.32. The molecule has 0 radical (unpaired) electrons. The Morgan fingerprint density at radius 2 is 1.67 bits per heavy atom. The second-order valence-corrected chi connectivity index (χ2v) is 4.58. The molecular weight excluding hydrogens is 279 g/mol. The van der Waals surface area contributed by atoms with Crippen molar-refractivity contribution < 1.29 is 18.3 Å². The molecule has 0 saturated heterocycles. The number of hydrogen-bond donors (Lipinski definition) is 1. The SMILES string of the molecule is OC(c1ccc(F)c(F)c1F)c1nccc2ccccc12. The molecule has 0 fully saturated rings. The van der Waals surface area contributed by atoms with Crippen LogP contribution in [0.15, 0.2) is 48.7 Å². The van der Waals surface area contributed by atoms with Crippen molar-refractivity contribution in [3.05, 3.63) is 77.4 Å². The number of fused-ring (bicyclic) bond motifs is 1. The van der Waals surface area contributed by atoms with Gasteiger partial charge in [0.2, 0.25) is 0 Å². The monoisotopic (exact) mass is 289 g/mol. The molecule has 0 saturated carbocycles. The highest BCUT2D eigenvalue weighted by Crippen LogP contribution is 2.29. The van der Waals surface area contributed by atoms with Gasteiger partial charge in [-0.3, -0.25) is 4.98 Å². The normalized spacial score (nSPS) is 12.6. The first-order valence-corrected chi connectivity index (χ1v) is 6.24. The Kier molecular flexibility index (Phi) is 3.35. The number of benzene rings is 2. The maximum absolute atomic E-state index is 13.8. The van der Waals surface area contributed by atoms with Crippen LogP contribution in [0, 0.1) is 17.5 Å². The van der Waals surface area contributed by atoms with E-state index in [-0.39, 0.29) is 11.3 Å². The van der Waals surface area contributed by atoms with Crippen molar-refractivity contribution >= 4 is 10.8 Å². The number of aliphatic hydroxyl groups excluding tert-OH is 1. The molecule has 1 atom stereocenters. The van der Waals surface area contributed by atoms with Gasteiger partial charge in [-0.2, -0.15) is 0 Å². The van der Waals surface area contributed by atoms with E-state index >= 15 is 0 Å². The first-order valence-electron chi connectivity index (χ1n) is 6.24. The summed E-state index contributed by atoms with van der Waals surface area (Å²) in [5.41, 5.74) is -0.157. The van der Waals surface area contributed by atoms with Crippen molar-refractivity contribution in [3.8, 4) is 0 Å². The minimum Gasteiger partial charge on any atom is -0.382 e. The van der Waals surface area contributed by atoms with Crippen LogP contribution in [0.2, 0.25) is 0 Å². The van der Waals surface area contributed by atoms with Gasteiger partial charge in [0.1, 0.15) is 6.10 Å². The molecule has 5 heteroatoms. The van der Waals surface area contributed by atoms with Crippen molar-refractivity contribution in [1.29, 1.82) is 0 Å². The van der Waals surface area contributed by atoms with E-state index in [4.69, 9.17) is 0 Å². The van der Waals surface area contributed by atoms with E-state index < -0.39 is 23.6 Å². The van der Waals surface area contributed by atoms with Crippen molar-refractivity contribution in [2.24, 2.45) is 0 Å². The van der Waals surface area contributed by atoms with Gasteiger partial charge in [0.25, 0.3) is 0 Å². The molecule has 0 aliphatic carbocycles. The number of halogens is 3. The molecule has 0 spiro atoms. The van der Waals surface area contributed by atoms with E-state index in [9.17, 15) is 18.3 Å². The fourth-order valence-corrected chi connectivity index (χ4v) is 2.26. The van der Waals surface area contributed by atoms with Crippen LogP contribution in [-0.2, 0) is 0 Å². The summed E-state index contributed by atoms with van der Waals surface area (Å²) < 4.78 is 40.1. The Morgan fingerprint density at radius 1 is 0.905 bits per heavy atom. The van der Waals surface area contributed by atoms with Crippen LogP contribution in [-0.4, -0.2) is 10.1 Å². The maximum Gasteiger partial charge on any atom is 0.194 e. The lowest BCUT2D eigenvalue weighted by Gasteiger charge is -2.14. The van der Waals surface area contributed by atoms with Crippen LogP contribution in [0.4, 0.5) is 13.2 Å². The average Bonchev–Trinajstić information content (AvgIpc) is 2.51. The van der Waals surface area contributed by atoms with E-state index in [0.29, 0.717) is 5.39 Å². The lowest BCUT2D eigenvalue weighted by molar-refractivity contribution is 0.209. The summed E-state index contributed by atoms with van der Waals surface area (Å²) in [6.45, 7) is 0. The quantitative estimate of drug-likeness (QED) is 0.729. The summed E-state index contributed by atoms with van der Waals surface area (Å²) >= 11 is 0. The largest absolute Gasteiger partial charge is 0.382 e. The van der Waals surface area contributed by atoms with Crippen molar-refractivity contribution in [2.75, 3.05) is 0 Å². The summed E-state index contributed by atoms with van der Waals surface area (Å²) in [5, 5.41) is 11.7. The van der Waals surface area contributed by atoms with Crippen LogP contribution in [0.1, 0.15) is 17.4 Å². The van der Waals surface area contributed by atoms with Gasteiger partial charge in [-0.25, -0.2) is 13.2 Å². The number of hydrogen-bond acceptors (Lipinski definition) is 2. The van der Waals surface area contributed by atoms with Gasteiger partial charge in [0.05, 0.1) is 5.69 Å². The number of pyridine rings is 1. The molecule has 106 valence electrons. The number of nitrogens with zero attached hydrogens (tertiary/aromatic N) is 1. The molecule has 2 nitrogen and oxygen atoms in total. The highest BCUT2D eigenvalue weighted by Gasteiger charge is 2.22. The van der Waals surface area contributed by atoms with Gasteiger partial charge in [-0.1, -0.05) is 24.3 Å². The molecule has 2 aromatic carbocycles. The van der Waals surface area contributed by atoms with Crippen LogP contribution >= 0.6 is 0 Å². The minimum absolute atomic E-state index is 0.193. The Hall–Kier alpha value is -2.40. The number of rotatable bonds is 2. The Balaban J connectivity index is 2.17. The molecule has 0 amide bonds. The van der Waals surface area contributed by atoms with Gasteiger partial charge in [0, 0.05) is 17.1 Å². The maximum atomic E-state index is 13.8. The molecule has 1 N–H and O–H groups in total. The second-order valence-electron chi connectivity index (χ2n) is 4.58. The van der Waals surface area contributed by atoms with Gasteiger partial charge in [0.15, 0.2) is 17.5 Å².